The van der Waals surface area contributed by atoms with Gasteiger partial charge in [0, 0.05) is 18.1 Å². The van der Waals surface area contributed by atoms with E-state index in [0.29, 0.717) is 29.9 Å². The van der Waals surface area contributed by atoms with Gasteiger partial charge in [0.05, 0.1) is 5.02 Å². The third-order valence-electron chi connectivity index (χ3n) is 3.87. The summed E-state index contributed by atoms with van der Waals surface area (Å²) in [5.74, 6) is 0.820. The van der Waals surface area contributed by atoms with E-state index in [4.69, 9.17) is 23.2 Å². The Bertz CT molecular complexity index is 597. The summed E-state index contributed by atoms with van der Waals surface area (Å²) < 4.78 is 26.7. The number of halogens is 3. The quantitative estimate of drug-likeness (QED) is 0.883. The molecule has 0 unspecified atom stereocenters. The average molecular weight is 358 g/mol. The molecule has 20 heavy (non-hydrogen) atoms. The van der Waals surface area contributed by atoms with Gasteiger partial charge in [0.15, 0.2) is 0 Å². The second-order valence-electron chi connectivity index (χ2n) is 5.08. The van der Waals surface area contributed by atoms with Crippen LogP contribution in [0.15, 0.2) is 23.1 Å². The molecule has 0 radical (unpaired) electrons. The minimum absolute atomic E-state index is 0. The molecule has 0 saturated carbocycles. The summed E-state index contributed by atoms with van der Waals surface area (Å²) in [4.78, 5) is 0.106. The molecule has 0 aliphatic carbocycles. The fraction of sp³-hybridized carbons (Fsp3) is 0.500. The molecule has 4 nitrogen and oxygen atoms in total. The lowest BCUT2D eigenvalue weighted by molar-refractivity contribution is 0.448. The maximum Gasteiger partial charge on any atom is 0.244 e. The SMILES string of the molecule is Cl.O=S(=O)(c1cc(Cl)ccc1Cl)N1C[C@H]2CNC[C@H]2C1. The van der Waals surface area contributed by atoms with E-state index < -0.39 is 10.0 Å². The largest absolute Gasteiger partial charge is 0.316 e. The minimum atomic E-state index is -3.54. The first-order chi connectivity index (χ1) is 8.98. The van der Waals surface area contributed by atoms with Gasteiger partial charge in [0.2, 0.25) is 10.0 Å². The zero-order valence-electron chi connectivity index (χ0n) is 10.6. The van der Waals surface area contributed by atoms with E-state index in [0.717, 1.165) is 13.1 Å². The molecular weight excluding hydrogens is 343 g/mol. The van der Waals surface area contributed by atoms with E-state index in [1.54, 1.807) is 6.07 Å². The number of benzene rings is 1. The lowest BCUT2D eigenvalue weighted by atomic mass is 10.0. The predicted molar refractivity (Wildman–Crippen MR) is 82.3 cm³/mol. The molecule has 1 aromatic carbocycles. The Hall–Kier alpha value is -0.0400. The van der Waals surface area contributed by atoms with Crippen LogP contribution in [0.25, 0.3) is 0 Å². The second-order valence-corrected chi connectivity index (χ2v) is 7.83. The van der Waals surface area contributed by atoms with E-state index in [2.05, 4.69) is 5.32 Å². The Morgan fingerprint density at radius 1 is 1.15 bits per heavy atom. The number of nitrogens with zero attached hydrogens (tertiary/aromatic N) is 1. The predicted octanol–water partition coefficient (Wildman–Crippen LogP) is 2.26. The molecular formula is C12H15Cl3N2O2S. The number of rotatable bonds is 2. The van der Waals surface area contributed by atoms with E-state index >= 15 is 0 Å². The summed E-state index contributed by atoms with van der Waals surface area (Å²) in [6, 6.07) is 4.53. The molecule has 0 amide bonds. The van der Waals surface area contributed by atoms with Crippen LogP contribution in [0.4, 0.5) is 0 Å². The van der Waals surface area contributed by atoms with Gasteiger partial charge in [0.25, 0.3) is 0 Å². The fourth-order valence-electron chi connectivity index (χ4n) is 2.82. The summed E-state index contributed by atoms with van der Waals surface area (Å²) in [5.41, 5.74) is 0. The normalized spacial score (nSPS) is 26.3. The first-order valence-corrected chi connectivity index (χ1v) is 8.34. The third kappa shape index (κ3) is 2.80. The van der Waals surface area contributed by atoms with Crippen molar-refractivity contribution in [3.05, 3.63) is 28.2 Å². The van der Waals surface area contributed by atoms with E-state index in [1.807, 2.05) is 0 Å². The van der Waals surface area contributed by atoms with Crippen LogP contribution in [0, 0.1) is 11.8 Å². The number of nitrogens with one attached hydrogen (secondary N) is 1. The minimum Gasteiger partial charge on any atom is -0.316 e. The van der Waals surface area contributed by atoms with Gasteiger partial charge in [0.1, 0.15) is 4.90 Å². The second kappa shape index (κ2) is 5.99. The summed E-state index contributed by atoms with van der Waals surface area (Å²) in [7, 11) is -3.54. The van der Waals surface area contributed by atoms with Crippen molar-refractivity contribution >= 4 is 45.6 Å². The lowest BCUT2D eigenvalue weighted by Gasteiger charge is -2.18. The Morgan fingerprint density at radius 3 is 2.35 bits per heavy atom. The standard InChI is InChI=1S/C12H14Cl2N2O2S.ClH/c13-10-1-2-11(14)12(3-10)19(17,18)16-6-8-4-15-5-9(8)7-16;/h1-3,8-9,15H,4-7H2;1H/t8-,9+;. The lowest BCUT2D eigenvalue weighted by Crippen LogP contribution is -2.32. The summed E-state index contributed by atoms with van der Waals surface area (Å²) >= 11 is 11.9. The van der Waals surface area contributed by atoms with Crippen LogP contribution in [-0.4, -0.2) is 38.9 Å². The highest BCUT2D eigenvalue weighted by Gasteiger charge is 2.42. The van der Waals surface area contributed by atoms with Crippen LogP contribution >= 0.6 is 35.6 Å². The van der Waals surface area contributed by atoms with Crippen molar-refractivity contribution in [3.63, 3.8) is 0 Å². The van der Waals surface area contributed by atoms with Crippen molar-refractivity contribution in [2.24, 2.45) is 11.8 Å². The van der Waals surface area contributed by atoms with Crippen molar-refractivity contribution in [2.75, 3.05) is 26.2 Å². The Kier molecular flexibility index (Phi) is 4.89. The number of sulfonamides is 1. The van der Waals surface area contributed by atoms with Gasteiger partial charge in [-0.15, -0.1) is 12.4 Å². The summed E-state index contributed by atoms with van der Waals surface area (Å²) in [5, 5.41) is 3.89. The highest BCUT2D eigenvalue weighted by atomic mass is 35.5. The van der Waals surface area contributed by atoms with Crippen molar-refractivity contribution in [1.82, 2.24) is 9.62 Å². The molecule has 2 heterocycles. The van der Waals surface area contributed by atoms with Gasteiger partial charge >= 0.3 is 0 Å². The van der Waals surface area contributed by atoms with E-state index in [9.17, 15) is 8.42 Å². The Labute approximate surface area is 134 Å². The van der Waals surface area contributed by atoms with Gasteiger partial charge in [-0.2, -0.15) is 4.31 Å². The first-order valence-electron chi connectivity index (χ1n) is 6.14. The number of fused-ring (bicyclic) bond motifs is 1. The smallest absolute Gasteiger partial charge is 0.244 e. The first kappa shape index (κ1) is 16.3. The van der Waals surface area contributed by atoms with Gasteiger partial charge in [-0.3, -0.25) is 0 Å². The molecule has 1 aromatic rings. The number of hydrogen-bond donors (Lipinski definition) is 1. The van der Waals surface area contributed by atoms with E-state index in [1.165, 1.54) is 16.4 Å². The molecule has 2 atom stereocenters. The Balaban J connectivity index is 0.00000147. The zero-order valence-corrected chi connectivity index (χ0v) is 13.7. The molecule has 2 aliphatic rings. The van der Waals surface area contributed by atoms with Crippen LogP contribution in [-0.2, 0) is 10.0 Å². The van der Waals surface area contributed by atoms with Gasteiger partial charge in [-0.25, -0.2) is 8.42 Å². The molecule has 0 spiro atoms. The maximum atomic E-state index is 12.6. The van der Waals surface area contributed by atoms with Crippen LogP contribution in [0.3, 0.4) is 0 Å². The fourth-order valence-corrected chi connectivity index (χ4v) is 5.11. The monoisotopic (exact) mass is 356 g/mol. The molecule has 0 aromatic heterocycles. The van der Waals surface area contributed by atoms with Crippen LogP contribution in [0.2, 0.25) is 10.0 Å². The molecule has 0 bridgehead atoms. The molecule has 8 heteroatoms. The summed E-state index contributed by atoms with van der Waals surface area (Å²) in [6.07, 6.45) is 0. The van der Waals surface area contributed by atoms with Gasteiger partial charge in [-0.05, 0) is 43.1 Å². The van der Waals surface area contributed by atoms with Crippen molar-refractivity contribution in [1.29, 1.82) is 0 Å². The summed E-state index contributed by atoms with van der Waals surface area (Å²) in [6.45, 7) is 2.89. The third-order valence-corrected chi connectivity index (χ3v) is 6.42. The van der Waals surface area contributed by atoms with E-state index in [-0.39, 0.29) is 22.3 Å². The highest BCUT2D eigenvalue weighted by Crippen LogP contribution is 2.33. The molecule has 3 rings (SSSR count). The highest BCUT2D eigenvalue weighted by molar-refractivity contribution is 7.89. The van der Waals surface area contributed by atoms with Crippen molar-refractivity contribution in [3.8, 4) is 0 Å². The molecule has 2 saturated heterocycles. The van der Waals surface area contributed by atoms with Crippen LogP contribution < -0.4 is 5.32 Å². The molecule has 1 N–H and O–H groups in total. The van der Waals surface area contributed by atoms with Crippen molar-refractivity contribution in [2.45, 2.75) is 4.90 Å². The molecule has 2 fully saturated rings. The van der Waals surface area contributed by atoms with Crippen LogP contribution in [0.5, 0.6) is 0 Å². The van der Waals surface area contributed by atoms with Gasteiger partial charge < -0.3 is 5.32 Å². The number of hydrogen-bond acceptors (Lipinski definition) is 3. The zero-order chi connectivity index (χ0) is 13.6. The maximum absolute atomic E-state index is 12.6. The average Bonchev–Trinajstić information content (AvgIpc) is 2.92. The van der Waals surface area contributed by atoms with Gasteiger partial charge in [-0.1, -0.05) is 23.2 Å². The van der Waals surface area contributed by atoms with Crippen molar-refractivity contribution < 1.29 is 8.42 Å². The topological polar surface area (TPSA) is 49.4 Å². The molecule has 2 aliphatic heterocycles. The van der Waals surface area contributed by atoms with Crippen LogP contribution in [0.1, 0.15) is 0 Å². The molecule has 112 valence electrons. The Morgan fingerprint density at radius 2 is 1.75 bits per heavy atom.